The number of aromatic amines is 1. The number of rotatable bonds is 11. The van der Waals surface area contributed by atoms with E-state index in [2.05, 4.69) is 20.9 Å². The Kier molecular flexibility index (Phi) is 17.2. The molecule has 5 atom stereocenters. The predicted octanol–water partition coefficient (Wildman–Crippen LogP) is 8.69. The Hall–Kier alpha value is -9.26. The number of cyclic esters (lactones) is 1. The molecule has 1 aromatic heterocycles. The van der Waals surface area contributed by atoms with Gasteiger partial charge in [-0.2, -0.15) is 0 Å². The molecule has 0 saturated carbocycles. The summed E-state index contributed by atoms with van der Waals surface area (Å²) < 4.78 is 29.0. The summed E-state index contributed by atoms with van der Waals surface area (Å²) in [5.74, 6) is -4.12. The average molecular weight is 1120 g/mol. The summed E-state index contributed by atoms with van der Waals surface area (Å²) in [6.07, 6.45) is 5.51. The molecule has 5 N–H and O–H groups in total. The molecule has 5 aromatic carbocycles. The Bertz CT molecular complexity index is 3450. The number of amides is 4. The molecule has 82 heavy (non-hydrogen) atoms. The van der Waals surface area contributed by atoms with Crippen LogP contribution in [0.5, 0.6) is 28.7 Å². The molecule has 0 bridgehead atoms. The van der Waals surface area contributed by atoms with Crippen LogP contribution in [0.2, 0.25) is 0 Å². The van der Waals surface area contributed by atoms with Crippen LogP contribution >= 0.6 is 0 Å². The molecule has 0 radical (unpaired) electrons. The number of hydrogen-bond acceptors (Lipinski definition) is 14. The van der Waals surface area contributed by atoms with Crippen LogP contribution in [-0.2, 0) is 50.3 Å². The SMILES string of the molecule is CC(=O)Oc1ccc2c(c1)Oc1cc(OC(C)=O)ccc1C21OC(=O)c2cc(C(=O)NCCCC[C@@H]3NC(=O)[C@@H](C)C/C(C)=C/CC[C@H](C)OC(=O)C[C@H](c4ccc(O)cc4)NC(=O)[C@@H](Cc4c[nH]c5ccccc45)N(C)C3=O)ccc21. The molecule has 426 valence electrons. The highest BCUT2D eigenvalue weighted by Gasteiger charge is 2.54. The number of unbranched alkanes of at least 4 members (excludes halogenated alkanes) is 1. The quantitative estimate of drug-likeness (QED) is 0.0352. The van der Waals surface area contributed by atoms with Crippen molar-refractivity contribution in [2.45, 2.75) is 116 Å². The molecular weight excluding hydrogens is 1050 g/mol. The highest BCUT2D eigenvalue weighted by Crippen LogP contribution is 2.57. The number of nitrogens with zero attached hydrogens (tertiary/aromatic N) is 1. The topological polar surface area (TPSA) is 258 Å². The maximum Gasteiger partial charge on any atom is 0.340 e. The van der Waals surface area contributed by atoms with Gasteiger partial charge in [0.2, 0.25) is 17.7 Å². The van der Waals surface area contributed by atoms with Crippen molar-refractivity contribution in [2.24, 2.45) is 5.92 Å². The van der Waals surface area contributed by atoms with Gasteiger partial charge in [0.1, 0.15) is 40.8 Å². The number of nitrogens with one attached hydrogen (secondary N) is 4. The number of H-pyrrole nitrogens is 1. The lowest BCUT2D eigenvalue weighted by atomic mass is 9.77. The van der Waals surface area contributed by atoms with E-state index in [0.29, 0.717) is 54.4 Å². The number of phenols is 1. The van der Waals surface area contributed by atoms with Crippen LogP contribution in [0.15, 0.2) is 121 Å². The fourth-order valence-corrected chi connectivity index (χ4v) is 10.9. The van der Waals surface area contributed by atoms with E-state index in [0.717, 1.165) is 22.0 Å². The third-order valence-corrected chi connectivity index (χ3v) is 15.0. The van der Waals surface area contributed by atoms with E-state index in [9.17, 15) is 38.7 Å². The van der Waals surface area contributed by atoms with Crippen molar-refractivity contribution in [3.63, 3.8) is 0 Å². The number of hydrogen-bond donors (Lipinski definition) is 5. The summed E-state index contributed by atoms with van der Waals surface area (Å²) in [6, 6.07) is 24.5. The van der Waals surface area contributed by atoms with Gasteiger partial charge in [-0.3, -0.25) is 33.6 Å². The molecule has 0 aliphatic carbocycles. The van der Waals surface area contributed by atoms with E-state index in [-0.39, 0.29) is 71.6 Å². The van der Waals surface area contributed by atoms with Gasteiger partial charge in [0, 0.05) is 91.3 Å². The van der Waals surface area contributed by atoms with Crippen LogP contribution < -0.4 is 30.2 Å². The van der Waals surface area contributed by atoms with Gasteiger partial charge in [-0.05, 0) is 118 Å². The minimum Gasteiger partial charge on any atom is -0.508 e. The van der Waals surface area contributed by atoms with E-state index < -0.39 is 77.3 Å². The molecule has 6 aromatic rings. The van der Waals surface area contributed by atoms with Gasteiger partial charge < -0.3 is 54.6 Å². The van der Waals surface area contributed by atoms with Crippen LogP contribution in [0.25, 0.3) is 10.9 Å². The zero-order valence-corrected chi connectivity index (χ0v) is 46.4. The third kappa shape index (κ3) is 12.7. The second kappa shape index (κ2) is 24.6. The molecule has 4 amide bonds. The summed E-state index contributed by atoms with van der Waals surface area (Å²) >= 11 is 0. The van der Waals surface area contributed by atoms with E-state index >= 15 is 4.79 Å². The molecule has 9 rings (SSSR count). The molecule has 19 nitrogen and oxygen atoms in total. The zero-order valence-electron chi connectivity index (χ0n) is 46.4. The van der Waals surface area contributed by atoms with E-state index in [4.69, 9.17) is 23.7 Å². The summed E-state index contributed by atoms with van der Waals surface area (Å²) in [6.45, 7) is 8.16. The number of benzene rings is 5. The lowest BCUT2D eigenvalue weighted by Crippen LogP contribution is -2.56. The second-order valence-corrected chi connectivity index (χ2v) is 21.2. The fraction of sp³-hybridized carbons (Fsp3) is 0.333. The maximum absolute atomic E-state index is 15.0. The first kappa shape index (κ1) is 57.4. The normalized spacial score (nSPS) is 20.9. The summed E-state index contributed by atoms with van der Waals surface area (Å²) in [7, 11) is 1.52. The first-order chi connectivity index (χ1) is 39.3. The molecule has 0 saturated heterocycles. The number of aromatic nitrogens is 1. The van der Waals surface area contributed by atoms with Crippen molar-refractivity contribution < 1.29 is 67.1 Å². The molecule has 0 unspecified atom stereocenters. The first-order valence-electron chi connectivity index (χ1n) is 27.3. The van der Waals surface area contributed by atoms with Crippen LogP contribution in [0.3, 0.4) is 0 Å². The minimum atomic E-state index is -1.57. The van der Waals surface area contributed by atoms with Crippen molar-refractivity contribution in [3.8, 4) is 28.7 Å². The number of likely N-dealkylation sites (N-methyl/N-ethyl adjacent to an activating group) is 1. The smallest absolute Gasteiger partial charge is 0.340 e. The summed E-state index contributed by atoms with van der Waals surface area (Å²) in [4.78, 5) is 114. The van der Waals surface area contributed by atoms with Gasteiger partial charge in [-0.25, -0.2) is 4.79 Å². The van der Waals surface area contributed by atoms with Crippen molar-refractivity contribution in [1.29, 1.82) is 0 Å². The largest absolute Gasteiger partial charge is 0.508 e. The Labute approximate surface area is 473 Å². The minimum absolute atomic E-state index is 0.00537. The number of para-hydroxylation sites is 1. The number of carbonyl (C=O) groups is 8. The van der Waals surface area contributed by atoms with Gasteiger partial charge in [-0.15, -0.1) is 0 Å². The van der Waals surface area contributed by atoms with E-state index in [1.165, 1.54) is 56.1 Å². The molecule has 3 aliphatic rings. The molecule has 0 fully saturated rings. The second-order valence-electron chi connectivity index (χ2n) is 21.2. The number of fused-ring (bicyclic) bond motifs is 7. The van der Waals surface area contributed by atoms with Crippen LogP contribution in [-0.4, -0.2) is 94.3 Å². The lowest BCUT2D eigenvalue weighted by molar-refractivity contribution is -0.149. The van der Waals surface area contributed by atoms with Gasteiger partial charge in [0.15, 0.2) is 5.60 Å². The number of esters is 4. The Morgan fingerprint density at radius 3 is 2.15 bits per heavy atom. The number of allylic oxidation sites excluding steroid dienone is 2. The Morgan fingerprint density at radius 1 is 0.793 bits per heavy atom. The monoisotopic (exact) mass is 1120 g/mol. The number of phenolic OH excluding ortho intramolecular Hbond substituents is 1. The number of carbonyl (C=O) groups excluding carboxylic acids is 8. The highest BCUT2D eigenvalue weighted by atomic mass is 16.6. The molecule has 3 aliphatic heterocycles. The predicted molar refractivity (Wildman–Crippen MR) is 300 cm³/mol. The van der Waals surface area contributed by atoms with E-state index in [1.54, 1.807) is 68.6 Å². The van der Waals surface area contributed by atoms with E-state index in [1.807, 2.05) is 37.3 Å². The van der Waals surface area contributed by atoms with Crippen LogP contribution in [0.4, 0.5) is 0 Å². The summed E-state index contributed by atoms with van der Waals surface area (Å²) in [5.41, 5.74) is 3.00. The van der Waals surface area contributed by atoms with Crippen molar-refractivity contribution in [3.05, 3.63) is 160 Å². The fourth-order valence-electron chi connectivity index (χ4n) is 10.9. The standard InChI is InChI=1S/C63H65N5O14/c1-35-12-11-13-37(3)78-57(72)33-53(40-17-20-43(71)21-18-40)67-60(75)54(30-42-34-65-51-15-8-7-14-46(42)51)68(6)61(76)52(66-58(73)36(2)28-35)16-9-10-27-64-59(74)41-19-24-48-47(29-41)62(77)82-63(48)49-25-22-44(79-38(4)69)31-55(49)81-56-32-45(80-39(5)70)23-26-50(56)63/h7-8,12,14-15,17-26,29,31-32,34,36-37,52-54,65,71H,9-11,13,16,27-28,30,33H2,1-6H3,(H,64,74)(H,66,73)(H,67,75)/b35-12+/t36-,37-,52-,53+,54+/m0/s1. The zero-order chi connectivity index (χ0) is 58.4. The maximum atomic E-state index is 15.0. The van der Waals surface area contributed by atoms with Crippen LogP contribution in [0.1, 0.15) is 134 Å². The van der Waals surface area contributed by atoms with Crippen molar-refractivity contribution in [1.82, 2.24) is 25.8 Å². The highest BCUT2D eigenvalue weighted by molar-refractivity contribution is 6.02. The van der Waals surface area contributed by atoms with Crippen LogP contribution in [0, 0.1) is 5.92 Å². The number of ether oxygens (including phenoxy) is 5. The molecular formula is C63H65N5O14. The molecule has 4 heterocycles. The molecule has 19 heteroatoms. The number of aromatic hydroxyl groups is 1. The Balaban J connectivity index is 0.947. The Morgan fingerprint density at radius 2 is 1.46 bits per heavy atom. The average Bonchev–Trinajstić information content (AvgIpc) is 1.65. The third-order valence-electron chi connectivity index (χ3n) is 15.0. The van der Waals surface area contributed by atoms with Gasteiger partial charge >= 0.3 is 23.9 Å². The van der Waals surface area contributed by atoms with Gasteiger partial charge in [0.25, 0.3) is 5.91 Å². The van der Waals surface area contributed by atoms with Crippen molar-refractivity contribution >= 4 is 58.4 Å². The lowest BCUT2D eigenvalue weighted by Gasteiger charge is -2.36. The molecule has 1 spiro atoms. The van der Waals surface area contributed by atoms with Gasteiger partial charge in [-0.1, -0.05) is 55.0 Å². The van der Waals surface area contributed by atoms with Crippen molar-refractivity contribution in [2.75, 3.05) is 13.6 Å². The first-order valence-corrected chi connectivity index (χ1v) is 27.3. The van der Waals surface area contributed by atoms with Gasteiger partial charge in [0.05, 0.1) is 24.1 Å². The summed E-state index contributed by atoms with van der Waals surface area (Å²) in [5, 5.41) is 19.9.